The van der Waals surface area contributed by atoms with Gasteiger partial charge in [0.15, 0.2) is 0 Å². The van der Waals surface area contributed by atoms with Crippen molar-refractivity contribution < 1.29 is 19.4 Å². The van der Waals surface area contributed by atoms with Gasteiger partial charge >= 0.3 is 5.97 Å². The standard InChI is InChI=1S/C40H46N4O4S/c1-4-42(5-2)30-19-21-43(22-20-30)36(45)25-44-34-24-35(40(46)47)49-39(34)37(27-9-7-6-8-10-27)38(44)29-14-18-33-28(23-29)13-17-32(41-33)26-11-15-31(48-3)16-12-26/h11-18,23-24,27,30H,4-10,19-22,25H2,1-3H3,(H,46,47). The fourth-order valence-electron chi connectivity index (χ4n) is 8.15. The summed E-state index contributed by atoms with van der Waals surface area (Å²) in [5, 5.41) is 11.1. The second-order valence-electron chi connectivity index (χ2n) is 13.5. The van der Waals surface area contributed by atoms with E-state index in [1.165, 1.54) is 23.3 Å². The largest absolute Gasteiger partial charge is 0.497 e. The van der Waals surface area contributed by atoms with Gasteiger partial charge < -0.3 is 24.2 Å². The molecule has 0 spiro atoms. The number of piperidine rings is 1. The minimum Gasteiger partial charge on any atom is -0.497 e. The van der Waals surface area contributed by atoms with Gasteiger partial charge in [0.05, 0.1) is 34.2 Å². The zero-order valence-corrected chi connectivity index (χ0v) is 29.6. The lowest BCUT2D eigenvalue weighted by Gasteiger charge is -2.37. The summed E-state index contributed by atoms with van der Waals surface area (Å²) < 4.78 is 8.49. The lowest BCUT2D eigenvalue weighted by atomic mass is 9.83. The molecule has 1 aliphatic carbocycles. The first-order chi connectivity index (χ1) is 23.9. The van der Waals surface area contributed by atoms with Gasteiger partial charge in [0.25, 0.3) is 0 Å². The number of nitrogens with zero attached hydrogens (tertiary/aromatic N) is 4. The molecule has 1 aliphatic heterocycles. The molecule has 2 aromatic carbocycles. The monoisotopic (exact) mass is 678 g/mol. The predicted molar refractivity (Wildman–Crippen MR) is 198 cm³/mol. The molecule has 8 nitrogen and oxygen atoms in total. The van der Waals surface area contributed by atoms with Crippen molar-refractivity contribution in [1.29, 1.82) is 0 Å². The van der Waals surface area contributed by atoms with E-state index in [1.54, 1.807) is 13.2 Å². The minimum atomic E-state index is -0.918. The zero-order valence-electron chi connectivity index (χ0n) is 28.8. The van der Waals surface area contributed by atoms with Crippen LogP contribution in [0.3, 0.4) is 0 Å². The van der Waals surface area contributed by atoms with Gasteiger partial charge in [-0.2, -0.15) is 0 Å². The van der Waals surface area contributed by atoms with Crippen LogP contribution in [0.2, 0.25) is 0 Å². The Kier molecular flexibility index (Phi) is 9.74. The molecule has 1 amide bonds. The molecule has 3 aromatic heterocycles. The molecule has 4 heterocycles. The summed E-state index contributed by atoms with van der Waals surface area (Å²) in [6.45, 7) is 8.15. The highest BCUT2D eigenvalue weighted by Gasteiger charge is 2.32. The number of aromatic nitrogens is 2. The van der Waals surface area contributed by atoms with Crippen molar-refractivity contribution >= 4 is 44.3 Å². The van der Waals surface area contributed by atoms with Gasteiger partial charge in [0, 0.05) is 30.1 Å². The molecular formula is C40H46N4O4S. The van der Waals surface area contributed by atoms with E-state index in [0.717, 1.165) is 114 Å². The minimum absolute atomic E-state index is 0.0982. The maximum Gasteiger partial charge on any atom is 0.345 e. The molecule has 7 rings (SSSR count). The number of ether oxygens (including phenoxy) is 1. The van der Waals surface area contributed by atoms with E-state index in [0.29, 0.717) is 16.8 Å². The number of thiophene rings is 1. The van der Waals surface area contributed by atoms with E-state index < -0.39 is 5.97 Å². The molecule has 2 fully saturated rings. The quantitative estimate of drug-likeness (QED) is 0.159. The van der Waals surface area contributed by atoms with Crippen molar-refractivity contribution in [3.63, 3.8) is 0 Å². The Morgan fingerprint density at radius 2 is 1.63 bits per heavy atom. The normalized spacial score (nSPS) is 16.2. The summed E-state index contributed by atoms with van der Waals surface area (Å²) in [6.07, 6.45) is 7.63. The Bertz CT molecular complexity index is 1960. The number of fused-ring (bicyclic) bond motifs is 2. The summed E-state index contributed by atoms with van der Waals surface area (Å²) in [5.41, 5.74) is 6.98. The van der Waals surface area contributed by atoms with Crippen LogP contribution in [0.1, 0.15) is 79.9 Å². The highest BCUT2D eigenvalue weighted by Crippen LogP contribution is 2.47. The smallest absolute Gasteiger partial charge is 0.345 e. The van der Waals surface area contributed by atoms with Gasteiger partial charge in [-0.1, -0.05) is 45.2 Å². The Labute approximate surface area is 292 Å². The molecule has 0 atom stereocenters. The number of benzene rings is 2. The molecule has 2 aliphatic rings. The van der Waals surface area contributed by atoms with Crippen LogP contribution in [0.5, 0.6) is 5.75 Å². The molecule has 0 bridgehead atoms. The average Bonchev–Trinajstić information content (AvgIpc) is 3.70. The Balaban J connectivity index is 1.29. The van der Waals surface area contributed by atoms with E-state index in [4.69, 9.17) is 9.72 Å². The van der Waals surface area contributed by atoms with E-state index in [1.807, 2.05) is 29.2 Å². The van der Waals surface area contributed by atoms with Crippen molar-refractivity contribution in [1.82, 2.24) is 19.4 Å². The van der Waals surface area contributed by atoms with Gasteiger partial charge in [-0.15, -0.1) is 11.3 Å². The second kappa shape index (κ2) is 14.3. The number of hydrogen-bond donors (Lipinski definition) is 1. The number of rotatable bonds is 10. The first-order valence-corrected chi connectivity index (χ1v) is 18.7. The summed E-state index contributed by atoms with van der Waals surface area (Å²) in [7, 11) is 1.66. The van der Waals surface area contributed by atoms with Gasteiger partial charge in [0.2, 0.25) is 5.91 Å². The van der Waals surface area contributed by atoms with Crippen molar-refractivity contribution in [2.75, 3.05) is 33.3 Å². The number of carboxylic acid groups (broad SMARTS) is 1. The number of carboxylic acids is 1. The van der Waals surface area contributed by atoms with Gasteiger partial charge in [-0.25, -0.2) is 9.78 Å². The second-order valence-corrected chi connectivity index (χ2v) is 14.5. The van der Waals surface area contributed by atoms with Crippen molar-refractivity contribution in [3.05, 3.63) is 71.1 Å². The van der Waals surface area contributed by atoms with E-state index in [9.17, 15) is 14.7 Å². The van der Waals surface area contributed by atoms with Crippen LogP contribution in [-0.2, 0) is 11.3 Å². The van der Waals surface area contributed by atoms with Crippen LogP contribution >= 0.6 is 11.3 Å². The summed E-state index contributed by atoms with van der Waals surface area (Å²) in [4.78, 5) is 36.2. The van der Waals surface area contributed by atoms with Crippen LogP contribution in [-0.4, -0.2) is 75.7 Å². The molecule has 1 saturated heterocycles. The van der Waals surface area contributed by atoms with Gasteiger partial charge in [-0.05, 0) is 104 Å². The third-order valence-electron chi connectivity index (χ3n) is 10.8. The SMILES string of the molecule is CCN(CC)C1CCN(C(=O)Cn2c(-c3ccc4nc(-c5ccc(OC)cc5)ccc4c3)c(C3CCCCC3)c3sc(C(=O)O)cc32)CC1. The number of amides is 1. The summed E-state index contributed by atoms with van der Waals surface area (Å²) in [5.74, 6) is 0.307. The number of aromatic carboxylic acids is 1. The number of carbonyl (C=O) groups excluding carboxylic acids is 1. The fourth-order valence-corrected chi connectivity index (χ4v) is 9.28. The van der Waals surface area contributed by atoms with Gasteiger partial charge in [-0.3, -0.25) is 4.79 Å². The predicted octanol–water partition coefficient (Wildman–Crippen LogP) is 8.67. The third-order valence-corrected chi connectivity index (χ3v) is 11.9. The summed E-state index contributed by atoms with van der Waals surface area (Å²) in [6, 6.07) is 20.8. The maximum atomic E-state index is 14.1. The van der Waals surface area contributed by atoms with Crippen LogP contribution in [0, 0.1) is 0 Å². The van der Waals surface area contributed by atoms with E-state index in [2.05, 4.69) is 53.6 Å². The molecule has 5 aromatic rings. The molecule has 49 heavy (non-hydrogen) atoms. The van der Waals surface area contributed by atoms with Crippen molar-refractivity contribution in [2.24, 2.45) is 0 Å². The zero-order chi connectivity index (χ0) is 34.1. The average molecular weight is 679 g/mol. The number of methoxy groups -OCH3 is 1. The van der Waals surface area contributed by atoms with E-state index in [-0.39, 0.29) is 12.5 Å². The molecule has 256 valence electrons. The Morgan fingerprint density at radius 3 is 2.31 bits per heavy atom. The van der Waals surface area contributed by atoms with Crippen LogP contribution in [0.15, 0.2) is 60.7 Å². The number of pyridine rings is 1. The molecular weight excluding hydrogens is 633 g/mol. The van der Waals surface area contributed by atoms with Crippen molar-refractivity contribution in [3.8, 4) is 28.3 Å². The van der Waals surface area contributed by atoms with Gasteiger partial charge in [0.1, 0.15) is 17.2 Å². The van der Waals surface area contributed by atoms with Crippen LogP contribution in [0.25, 0.3) is 43.6 Å². The number of carbonyl (C=O) groups is 2. The molecule has 9 heteroatoms. The highest BCUT2D eigenvalue weighted by atomic mass is 32.1. The first kappa shape index (κ1) is 33.3. The maximum absolute atomic E-state index is 14.1. The molecule has 1 N–H and O–H groups in total. The third kappa shape index (κ3) is 6.58. The highest BCUT2D eigenvalue weighted by molar-refractivity contribution is 7.21. The summed E-state index contributed by atoms with van der Waals surface area (Å²) >= 11 is 1.36. The first-order valence-electron chi connectivity index (χ1n) is 17.8. The van der Waals surface area contributed by atoms with Crippen molar-refractivity contribution in [2.45, 2.75) is 77.3 Å². The Hall–Kier alpha value is -4.21. The van der Waals surface area contributed by atoms with Crippen LogP contribution < -0.4 is 4.74 Å². The number of likely N-dealkylation sites (tertiary alicyclic amines) is 1. The fraction of sp³-hybridized carbons (Fsp3) is 0.425. The number of hydrogen-bond acceptors (Lipinski definition) is 6. The van der Waals surface area contributed by atoms with E-state index >= 15 is 0 Å². The molecule has 0 radical (unpaired) electrons. The Morgan fingerprint density at radius 1 is 0.918 bits per heavy atom. The lowest BCUT2D eigenvalue weighted by molar-refractivity contribution is -0.133. The van der Waals surface area contributed by atoms with Crippen LogP contribution in [0.4, 0.5) is 0 Å². The topological polar surface area (TPSA) is 87.9 Å². The molecule has 0 unspecified atom stereocenters. The lowest BCUT2D eigenvalue weighted by Crippen LogP contribution is -2.47. The molecule has 1 saturated carbocycles.